The molecule has 0 fully saturated rings. The lowest BCUT2D eigenvalue weighted by Gasteiger charge is -2.04. The average Bonchev–Trinajstić information content (AvgIpc) is 2.81. The topological polar surface area (TPSA) is 9.23 Å². The predicted molar refractivity (Wildman–Crippen MR) is 146 cm³/mol. The first-order chi connectivity index (χ1) is 15.9. The van der Waals surface area contributed by atoms with Gasteiger partial charge in [-0.25, -0.2) is 0 Å². The highest BCUT2D eigenvalue weighted by Gasteiger charge is 1.96. The van der Waals surface area contributed by atoms with Crippen molar-refractivity contribution >= 4 is 0 Å². The molecule has 0 atom stereocenters. The van der Waals surface area contributed by atoms with Gasteiger partial charge in [0.15, 0.2) is 0 Å². The summed E-state index contributed by atoms with van der Waals surface area (Å²) in [6.45, 7) is 6.73. The summed E-state index contributed by atoms with van der Waals surface area (Å²) in [5.41, 5.74) is 0. The molecule has 0 rings (SSSR count). The van der Waals surface area contributed by atoms with E-state index >= 15 is 0 Å². The Labute approximate surface area is 204 Å². The number of hydrogen-bond acceptors (Lipinski definition) is 1. The molecule has 0 aliphatic heterocycles. The number of hydrogen-bond donors (Lipinski definition) is 0. The van der Waals surface area contributed by atoms with Crippen molar-refractivity contribution in [3.63, 3.8) is 0 Å². The summed E-state index contributed by atoms with van der Waals surface area (Å²) in [7, 11) is 0. The Morgan fingerprint density at radius 1 is 0.375 bits per heavy atom. The van der Waals surface area contributed by atoms with Crippen molar-refractivity contribution in [2.75, 3.05) is 6.61 Å². The van der Waals surface area contributed by atoms with Crippen molar-refractivity contribution in [3.8, 4) is 0 Å². The van der Waals surface area contributed by atoms with Crippen molar-refractivity contribution in [2.24, 2.45) is 0 Å². The third-order valence-electron chi connectivity index (χ3n) is 6.98. The number of unbranched alkanes of at least 4 members (excludes halogenated alkanes) is 26. The highest BCUT2D eigenvalue weighted by atomic mass is 16.5. The molecule has 0 saturated carbocycles. The lowest BCUT2D eigenvalue weighted by molar-refractivity contribution is 0.241. The van der Waals surface area contributed by atoms with Gasteiger partial charge in [0.2, 0.25) is 0 Å². The van der Waals surface area contributed by atoms with E-state index in [4.69, 9.17) is 4.74 Å². The van der Waals surface area contributed by atoms with Crippen LogP contribution in [0.15, 0.2) is 12.8 Å². The smallest absolute Gasteiger partial charge is 0.0873 e. The van der Waals surface area contributed by atoms with E-state index in [9.17, 15) is 0 Å². The third-order valence-corrected chi connectivity index (χ3v) is 6.98. The summed E-state index contributed by atoms with van der Waals surface area (Å²) in [4.78, 5) is 0. The largest absolute Gasteiger partial charge is 0.502 e. The van der Waals surface area contributed by atoms with Crippen molar-refractivity contribution in [2.45, 2.75) is 180 Å². The first-order valence-electron chi connectivity index (χ1n) is 15.1. The molecule has 32 heavy (non-hydrogen) atoms. The van der Waals surface area contributed by atoms with Crippen molar-refractivity contribution in [1.82, 2.24) is 0 Å². The Balaban J connectivity index is 2.99. The van der Waals surface area contributed by atoms with Gasteiger partial charge in [0, 0.05) is 0 Å². The normalized spacial score (nSPS) is 11.2. The van der Waals surface area contributed by atoms with Crippen molar-refractivity contribution in [3.05, 3.63) is 12.8 Å². The molecule has 0 amide bonds. The van der Waals surface area contributed by atoms with Crippen LogP contribution in [-0.2, 0) is 4.74 Å². The first kappa shape index (κ1) is 31.5. The van der Waals surface area contributed by atoms with E-state index < -0.39 is 0 Å². The van der Waals surface area contributed by atoms with Crippen LogP contribution in [0.3, 0.4) is 0 Å². The maximum Gasteiger partial charge on any atom is 0.0873 e. The molecule has 0 bridgehead atoms. The van der Waals surface area contributed by atoms with Gasteiger partial charge in [0.1, 0.15) is 0 Å². The van der Waals surface area contributed by atoms with Gasteiger partial charge in [0.05, 0.1) is 12.9 Å². The standard InChI is InChI=1S/C31H62O/c1-3-5-6-7-8-9-10-11-12-13-14-15-16-17-18-19-20-21-22-23-24-25-26-27-28-29-30-31-32-4-2/h4H,2-3,5-31H2,1H3. The van der Waals surface area contributed by atoms with Crippen LogP contribution in [0.25, 0.3) is 0 Å². The SMILES string of the molecule is C=COCCCCCCCCCCCCCCCCCCCCCCCCCCCCC. The second kappa shape index (κ2) is 30.5. The van der Waals surface area contributed by atoms with Gasteiger partial charge in [-0.3, -0.25) is 0 Å². The Morgan fingerprint density at radius 2 is 0.594 bits per heavy atom. The van der Waals surface area contributed by atoms with Gasteiger partial charge in [-0.05, 0) is 6.42 Å². The number of ether oxygens (including phenoxy) is 1. The minimum atomic E-state index is 0.850. The fourth-order valence-electron chi connectivity index (χ4n) is 4.76. The monoisotopic (exact) mass is 450 g/mol. The molecule has 0 saturated heterocycles. The molecule has 0 aromatic rings. The average molecular weight is 451 g/mol. The third kappa shape index (κ3) is 29.5. The molecule has 1 heteroatoms. The van der Waals surface area contributed by atoms with Gasteiger partial charge in [-0.15, -0.1) is 0 Å². The van der Waals surface area contributed by atoms with Crippen LogP contribution in [-0.4, -0.2) is 6.61 Å². The second-order valence-electron chi connectivity index (χ2n) is 10.2. The Morgan fingerprint density at radius 3 is 0.812 bits per heavy atom. The second-order valence-corrected chi connectivity index (χ2v) is 10.2. The molecule has 0 heterocycles. The van der Waals surface area contributed by atoms with Gasteiger partial charge in [-0.2, -0.15) is 0 Å². The Bertz CT molecular complexity index is 324. The molecule has 0 aromatic carbocycles. The van der Waals surface area contributed by atoms with Gasteiger partial charge in [-0.1, -0.05) is 180 Å². The fourth-order valence-corrected chi connectivity index (χ4v) is 4.76. The van der Waals surface area contributed by atoms with Crippen LogP contribution in [0.4, 0.5) is 0 Å². The fraction of sp³-hybridized carbons (Fsp3) is 0.935. The zero-order valence-electron chi connectivity index (χ0n) is 22.5. The quantitative estimate of drug-likeness (QED) is 0.0813. The van der Waals surface area contributed by atoms with Crippen LogP contribution in [0.1, 0.15) is 180 Å². The predicted octanol–water partition coefficient (Wildman–Crippen LogP) is 11.7. The van der Waals surface area contributed by atoms with Gasteiger partial charge in [0.25, 0.3) is 0 Å². The molecule has 0 aliphatic rings. The molecular formula is C31H62O. The maximum atomic E-state index is 5.15. The minimum absolute atomic E-state index is 0.850. The summed E-state index contributed by atoms with van der Waals surface area (Å²) in [5.74, 6) is 0. The van der Waals surface area contributed by atoms with Gasteiger partial charge >= 0.3 is 0 Å². The highest BCUT2D eigenvalue weighted by molar-refractivity contribution is 4.53. The summed E-state index contributed by atoms with van der Waals surface area (Å²) in [6, 6.07) is 0. The van der Waals surface area contributed by atoms with E-state index in [0.717, 1.165) is 6.61 Å². The van der Waals surface area contributed by atoms with E-state index in [1.54, 1.807) is 6.26 Å². The van der Waals surface area contributed by atoms with E-state index in [0.29, 0.717) is 0 Å². The Kier molecular flexibility index (Phi) is 30.1. The van der Waals surface area contributed by atoms with E-state index in [-0.39, 0.29) is 0 Å². The zero-order chi connectivity index (χ0) is 23.2. The molecule has 0 radical (unpaired) electrons. The molecule has 1 nitrogen and oxygen atoms in total. The van der Waals surface area contributed by atoms with E-state index in [1.165, 1.54) is 173 Å². The molecule has 0 spiro atoms. The van der Waals surface area contributed by atoms with Crippen LogP contribution in [0.5, 0.6) is 0 Å². The maximum absolute atomic E-state index is 5.15. The molecule has 0 aromatic heterocycles. The van der Waals surface area contributed by atoms with Crippen LogP contribution in [0, 0.1) is 0 Å². The summed E-state index contributed by atoms with van der Waals surface area (Å²) in [5, 5.41) is 0. The lowest BCUT2D eigenvalue weighted by atomic mass is 10.0. The molecule has 0 N–H and O–H groups in total. The van der Waals surface area contributed by atoms with Crippen molar-refractivity contribution < 1.29 is 4.74 Å². The lowest BCUT2D eigenvalue weighted by Crippen LogP contribution is -1.87. The molecular weight excluding hydrogens is 388 g/mol. The molecule has 192 valence electrons. The summed E-state index contributed by atoms with van der Waals surface area (Å²) < 4.78 is 5.15. The summed E-state index contributed by atoms with van der Waals surface area (Å²) >= 11 is 0. The van der Waals surface area contributed by atoms with Crippen LogP contribution >= 0.6 is 0 Å². The first-order valence-corrected chi connectivity index (χ1v) is 15.1. The van der Waals surface area contributed by atoms with E-state index in [1.807, 2.05) is 0 Å². The van der Waals surface area contributed by atoms with Crippen LogP contribution in [0.2, 0.25) is 0 Å². The summed E-state index contributed by atoms with van der Waals surface area (Å²) in [6.07, 6.45) is 40.6. The molecule has 0 unspecified atom stereocenters. The van der Waals surface area contributed by atoms with Crippen LogP contribution < -0.4 is 0 Å². The Hall–Kier alpha value is -0.460. The zero-order valence-corrected chi connectivity index (χ0v) is 22.5. The molecule has 0 aliphatic carbocycles. The minimum Gasteiger partial charge on any atom is -0.502 e. The van der Waals surface area contributed by atoms with E-state index in [2.05, 4.69) is 13.5 Å². The highest BCUT2D eigenvalue weighted by Crippen LogP contribution is 2.16. The number of rotatable bonds is 29. The van der Waals surface area contributed by atoms with Crippen molar-refractivity contribution in [1.29, 1.82) is 0 Å². The van der Waals surface area contributed by atoms with Gasteiger partial charge < -0.3 is 4.74 Å².